The largest absolute Gasteiger partial charge is 0.344 e. The Morgan fingerprint density at radius 2 is 1.65 bits per heavy atom. The molecule has 0 heterocycles. The first-order valence-corrected chi connectivity index (χ1v) is 7.34. The van der Waals surface area contributed by atoms with Crippen LogP contribution in [0.1, 0.15) is 37.4 Å². The van der Waals surface area contributed by atoms with Crippen molar-refractivity contribution in [1.82, 2.24) is 0 Å². The van der Waals surface area contributed by atoms with Crippen molar-refractivity contribution in [1.29, 1.82) is 0 Å². The molecule has 0 aromatic heterocycles. The number of hydrogen-bond acceptors (Lipinski definition) is 2. The van der Waals surface area contributed by atoms with Crippen molar-refractivity contribution in [3.05, 3.63) is 59.7 Å². The van der Waals surface area contributed by atoms with E-state index in [0.717, 1.165) is 12.8 Å². The molecule has 0 amide bonds. The highest BCUT2D eigenvalue weighted by atomic mass is 15.1. The standard InChI is InChI=1S/C18H24N2/c1-4-14-10-12-15(13-11-14)20(3)18-9-7-6-8-16(18)17(19)5-2/h6-13,17H,4-5,19H2,1-3H3/t17-/m1/s1. The molecule has 0 saturated carbocycles. The quantitative estimate of drug-likeness (QED) is 0.869. The highest BCUT2D eigenvalue weighted by Crippen LogP contribution is 2.31. The molecular weight excluding hydrogens is 244 g/mol. The summed E-state index contributed by atoms with van der Waals surface area (Å²) in [4.78, 5) is 2.21. The molecule has 2 aromatic rings. The van der Waals surface area contributed by atoms with Crippen molar-refractivity contribution < 1.29 is 0 Å². The molecule has 20 heavy (non-hydrogen) atoms. The summed E-state index contributed by atoms with van der Waals surface area (Å²) >= 11 is 0. The number of nitrogens with two attached hydrogens (primary N) is 1. The molecule has 2 aromatic carbocycles. The zero-order chi connectivity index (χ0) is 14.5. The predicted octanol–water partition coefficient (Wildman–Crippen LogP) is 4.43. The molecule has 2 heteroatoms. The second-order valence-electron chi connectivity index (χ2n) is 5.15. The van der Waals surface area contributed by atoms with Gasteiger partial charge in [-0.3, -0.25) is 0 Å². The number of aryl methyl sites for hydroxylation is 1. The summed E-state index contributed by atoms with van der Waals surface area (Å²) in [6, 6.07) is 17.2. The molecule has 0 radical (unpaired) electrons. The molecule has 0 fully saturated rings. The third-order valence-corrected chi connectivity index (χ3v) is 3.87. The summed E-state index contributed by atoms with van der Waals surface area (Å²) in [6.07, 6.45) is 2.01. The second-order valence-corrected chi connectivity index (χ2v) is 5.15. The summed E-state index contributed by atoms with van der Waals surface area (Å²) < 4.78 is 0. The van der Waals surface area contributed by atoms with Crippen LogP contribution in [0.3, 0.4) is 0 Å². The molecule has 0 bridgehead atoms. The van der Waals surface area contributed by atoms with Gasteiger partial charge in [-0.1, -0.05) is 44.2 Å². The Morgan fingerprint density at radius 1 is 1.00 bits per heavy atom. The van der Waals surface area contributed by atoms with E-state index in [1.165, 1.54) is 22.5 Å². The molecule has 0 aliphatic carbocycles. The highest BCUT2D eigenvalue weighted by Gasteiger charge is 2.13. The Balaban J connectivity index is 2.34. The van der Waals surface area contributed by atoms with E-state index in [4.69, 9.17) is 5.73 Å². The van der Waals surface area contributed by atoms with Gasteiger partial charge in [0.15, 0.2) is 0 Å². The van der Waals surface area contributed by atoms with Gasteiger partial charge in [-0.25, -0.2) is 0 Å². The van der Waals surface area contributed by atoms with Gasteiger partial charge in [-0.2, -0.15) is 0 Å². The van der Waals surface area contributed by atoms with Crippen LogP contribution in [-0.2, 0) is 6.42 Å². The van der Waals surface area contributed by atoms with E-state index in [1.807, 2.05) is 0 Å². The number of hydrogen-bond donors (Lipinski definition) is 1. The Bertz CT molecular complexity index is 546. The fraction of sp³-hybridized carbons (Fsp3) is 0.333. The van der Waals surface area contributed by atoms with E-state index in [2.05, 4.69) is 74.3 Å². The third-order valence-electron chi connectivity index (χ3n) is 3.87. The monoisotopic (exact) mass is 268 g/mol. The van der Waals surface area contributed by atoms with Crippen molar-refractivity contribution in [2.75, 3.05) is 11.9 Å². The van der Waals surface area contributed by atoms with Crippen LogP contribution in [0.25, 0.3) is 0 Å². The highest BCUT2D eigenvalue weighted by molar-refractivity contribution is 5.66. The third kappa shape index (κ3) is 3.02. The van der Waals surface area contributed by atoms with Crippen LogP contribution in [0.15, 0.2) is 48.5 Å². The maximum atomic E-state index is 6.23. The minimum absolute atomic E-state index is 0.0866. The normalized spacial score (nSPS) is 12.2. The van der Waals surface area contributed by atoms with E-state index in [-0.39, 0.29) is 6.04 Å². The molecule has 2 nitrogen and oxygen atoms in total. The summed E-state index contributed by atoms with van der Waals surface area (Å²) in [5, 5.41) is 0. The van der Waals surface area contributed by atoms with Crippen LogP contribution in [0.2, 0.25) is 0 Å². The minimum atomic E-state index is 0.0866. The van der Waals surface area contributed by atoms with E-state index < -0.39 is 0 Å². The smallest absolute Gasteiger partial charge is 0.0456 e. The van der Waals surface area contributed by atoms with Gasteiger partial charge in [0.05, 0.1) is 0 Å². The number of benzene rings is 2. The van der Waals surface area contributed by atoms with E-state index >= 15 is 0 Å². The lowest BCUT2D eigenvalue weighted by molar-refractivity contribution is 0.698. The molecule has 2 rings (SSSR count). The molecule has 0 saturated heterocycles. The lowest BCUT2D eigenvalue weighted by Crippen LogP contribution is -2.16. The van der Waals surface area contributed by atoms with Crippen LogP contribution in [0, 0.1) is 0 Å². The van der Waals surface area contributed by atoms with Gasteiger partial charge in [0.2, 0.25) is 0 Å². The molecule has 0 aliphatic heterocycles. The van der Waals surface area contributed by atoms with Crippen molar-refractivity contribution in [2.24, 2.45) is 5.73 Å². The van der Waals surface area contributed by atoms with Gasteiger partial charge >= 0.3 is 0 Å². The lowest BCUT2D eigenvalue weighted by atomic mass is 10.0. The van der Waals surface area contributed by atoms with Gasteiger partial charge in [0.25, 0.3) is 0 Å². The van der Waals surface area contributed by atoms with Gasteiger partial charge in [0.1, 0.15) is 0 Å². The van der Waals surface area contributed by atoms with Crippen LogP contribution in [0.5, 0.6) is 0 Å². The Morgan fingerprint density at radius 3 is 2.25 bits per heavy atom. The Hall–Kier alpha value is -1.80. The van der Waals surface area contributed by atoms with Crippen molar-refractivity contribution in [3.8, 4) is 0 Å². The van der Waals surface area contributed by atoms with Crippen molar-refractivity contribution in [2.45, 2.75) is 32.7 Å². The topological polar surface area (TPSA) is 29.3 Å². The number of rotatable bonds is 5. The zero-order valence-corrected chi connectivity index (χ0v) is 12.6. The fourth-order valence-electron chi connectivity index (χ4n) is 2.42. The Kier molecular flexibility index (Phi) is 4.80. The first kappa shape index (κ1) is 14.6. The SMILES string of the molecule is CCc1ccc(N(C)c2ccccc2[C@H](N)CC)cc1. The van der Waals surface area contributed by atoms with Crippen LogP contribution in [0.4, 0.5) is 11.4 Å². The summed E-state index contributed by atoms with van der Waals surface area (Å²) in [5.74, 6) is 0. The summed E-state index contributed by atoms with van der Waals surface area (Å²) in [7, 11) is 2.10. The summed E-state index contributed by atoms with van der Waals surface area (Å²) in [5.41, 5.74) is 11.2. The van der Waals surface area contributed by atoms with Crippen molar-refractivity contribution >= 4 is 11.4 Å². The van der Waals surface area contributed by atoms with Gasteiger partial charge in [0, 0.05) is 24.5 Å². The van der Waals surface area contributed by atoms with E-state index in [9.17, 15) is 0 Å². The minimum Gasteiger partial charge on any atom is -0.344 e. The van der Waals surface area contributed by atoms with Crippen LogP contribution in [-0.4, -0.2) is 7.05 Å². The molecule has 0 aliphatic rings. The summed E-state index contributed by atoms with van der Waals surface area (Å²) in [6.45, 7) is 4.30. The maximum Gasteiger partial charge on any atom is 0.0456 e. The van der Waals surface area contributed by atoms with Gasteiger partial charge < -0.3 is 10.6 Å². The maximum absolute atomic E-state index is 6.23. The molecule has 0 unspecified atom stereocenters. The number of para-hydroxylation sites is 1. The second kappa shape index (κ2) is 6.58. The van der Waals surface area contributed by atoms with E-state index in [0.29, 0.717) is 0 Å². The first-order valence-electron chi connectivity index (χ1n) is 7.34. The zero-order valence-electron chi connectivity index (χ0n) is 12.6. The number of anilines is 2. The van der Waals surface area contributed by atoms with Crippen LogP contribution < -0.4 is 10.6 Å². The molecular formula is C18H24N2. The average Bonchev–Trinajstić information content (AvgIpc) is 2.53. The average molecular weight is 268 g/mol. The van der Waals surface area contributed by atoms with E-state index in [1.54, 1.807) is 0 Å². The molecule has 0 spiro atoms. The number of nitrogens with zero attached hydrogens (tertiary/aromatic N) is 1. The predicted molar refractivity (Wildman–Crippen MR) is 87.5 cm³/mol. The Labute approximate surface area is 122 Å². The lowest BCUT2D eigenvalue weighted by Gasteiger charge is -2.25. The fourth-order valence-corrected chi connectivity index (χ4v) is 2.42. The molecule has 106 valence electrons. The van der Waals surface area contributed by atoms with Gasteiger partial charge in [-0.15, -0.1) is 0 Å². The molecule has 1 atom stereocenters. The molecule has 2 N–H and O–H groups in total. The van der Waals surface area contributed by atoms with Crippen LogP contribution >= 0.6 is 0 Å². The first-order chi connectivity index (χ1) is 9.67. The van der Waals surface area contributed by atoms with Gasteiger partial charge in [-0.05, 0) is 42.2 Å². The van der Waals surface area contributed by atoms with Crippen molar-refractivity contribution in [3.63, 3.8) is 0 Å².